The number of aliphatic hydroxyl groups is 9. The quantitative estimate of drug-likeness (QED) is 0.0288. The number of ether oxygens (including phenoxy) is 10. The van der Waals surface area contributed by atoms with Gasteiger partial charge in [0.05, 0.1) is 58.9 Å². The van der Waals surface area contributed by atoms with E-state index in [1.165, 1.54) is 56.7 Å². The van der Waals surface area contributed by atoms with E-state index < -0.39 is 129 Å². The minimum atomic E-state index is -1.98. The molecule has 0 aliphatic carbocycles. The second kappa shape index (κ2) is 25.4. The van der Waals surface area contributed by atoms with Gasteiger partial charge in [-0.2, -0.15) is 0 Å². The van der Waals surface area contributed by atoms with Crippen LogP contribution in [0.15, 0.2) is 89.4 Å². The van der Waals surface area contributed by atoms with Crippen molar-refractivity contribution in [1.29, 1.82) is 0 Å². The minimum Gasteiger partial charge on any atom is -0.508 e. The number of phenols is 5. The lowest BCUT2D eigenvalue weighted by atomic mass is 9.97. The number of phenolic OH excluding ortho intramolecular Hbond substituents is 5. The molecule has 422 valence electrons. The standard InChI is InChI=1S/C53H60O25/c1-68-34-15-25(16-35(69-2)40(34)60)6-4-14-71-49-45(65)42(62)38(22-55)76-52(49)78-50-46(66)43(63)39(23-70-13-3-5-24-7-10-27(56)11-8-24)77-53(50)74-36-20-29-32(72-48(36)26-9-12-30(58)31(59)17-26)18-28(57)19-33(29)73-51-47(67)44(64)41(61)37(21-54)75-51/h3-12,15-20,37-39,41-47,49-55,61-67H,13-14,21-23H2,1-2H3,(H4-,56,57,58,59,60)/p+1/b5-3+,6-4+/t37-,38-,39-,41-,42-,43-,44+,45+,46+,47-,49-,50-,51-,52+,53-/m1/s1. The number of aliphatic hydroxyl groups excluding tert-OH is 9. The van der Waals surface area contributed by atoms with Crippen LogP contribution >= 0.6 is 0 Å². The Morgan fingerprint density at radius 1 is 0.526 bits per heavy atom. The monoisotopic (exact) mass is 1100 g/mol. The summed E-state index contributed by atoms with van der Waals surface area (Å²) in [5.41, 5.74) is 1.10. The second-order valence-corrected chi connectivity index (χ2v) is 18.3. The third kappa shape index (κ3) is 12.8. The number of benzene rings is 4. The molecule has 25 nitrogen and oxygen atoms in total. The van der Waals surface area contributed by atoms with Crippen LogP contribution in [0.1, 0.15) is 11.1 Å². The minimum absolute atomic E-state index is 0.0281. The average molecular weight is 1100 g/mol. The van der Waals surface area contributed by atoms with Crippen LogP contribution < -0.4 is 18.9 Å². The van der Waals surface area contributed by atoms with Gasteiger partial charge in [-0.05, 0) is 47.5 Å². The van der Waals surface area contributed by atoms with Gasteiger partial charge in [-0.1, -0.05) is 36.4 Å². The van der Waals surface area contributed by atoms with Gasteiger partial charge >= 0.3 is 11.3 Å². The van der Waals surface area contributed by atoms with Crippen molar-refractivity contribution in [2.75, 3.05) is 47.3 Å². The van der Waals surface area contributed by atoms with Gasteiger partial charge in [0.1, 0.15) is 89.8 Å². The number of aromatic hydroxyl groups is 5. The molecule has 1 aromatic heterocycles. The summed E-state index contributed by atoms with van der Waals surface area (Å²) in [6, 6.07) is 16.4. The van der Waals surface area contributed by atoms with Crippen molar-refractivity contribution in [1.82, 2.24) is 0 Å². The Morgan fingerprint density at radius 3 is 1.79 bits per heavy atom. The second-order valence-electron chi connectivity index (χ2n) is 18.3. The highest BCUT2D eigenvalue weighted by atomic mass is 16.8. The molecule has 14 N–H and O–H groups in total. The molecular formula is C53H61O25+. The molecule has 4 aromatic carbocycles. The van der Waals surface area contributed by atoms with Gasteiger partial charge < -0.3 is 119 Å². The van der Waals surface area contributed by atoms with Gasteiger partial charge in [0, 0.05) is 18.2 Å². The summed E-state index contributed by atoms with van der Waals surface area (Å²) in [6.45, 7) is -2.37. The van der Waals surface area contributed by atoms with Gasteiger partial charge in [-0.3, -0.25) is 0 Å². The number of rotatable bonds is 20. The first-order chi connectivity index (χ1) is 37.4. The highest BCUT2D eigenvalue weighted by Gasteiger charge is 2.53. The fraction of sp³-hybridized carbons (Fsp3) is 0.415. The van der Waals surface area contributed by atoms with Crippen molar-refractivity contribution in [2.45, 2.75) is 92.1 Å². The van der Waals surface area contributed by atoms with Crippen molar-refractivity contribution in [3.8, 4) is 63.1 Å². The summed E-state index contributed by atoms with van der Waals surface area (Å²) < 4.78 is 65.3. The van der Waals surface area contributed by atoms with Crippen LogP contribution in [0, 0.1) is 0 Å². The lowest BCUT2D eigenvalue weighted by Crippen LogP contribution is -2.65. The highest BCUT2D eigenvalue weighted by Crippen LogP contribution is 2.44. The zero-order valence-corrected chi connectivity index (χ0v) is 41.7. The lowest BCUT2D eigenvalue weighted by molar-refractivity contribution is -0.361. The van der Waals surface area contributed by atoms with Crippen LogP contribution in [-0.4, -0.2) is 211 Å². The molecule has 3 aliphatic heterocycles. The lowest BCUT2D eigenvalue weighted by Gasteiger charge is -2.46. The Labute approximate surface area is 443 Å². The van der Waals surface area contributed by atoms with E-state index in [4.69, 9.17) is 51.8 Å². The molecule has 15 atom stereocenters. The Balaban J connectivity index is 1.16. The Bertz CT molecular complexity index is 2840. The van der Waals surface area contributed by atoms with Gasteiger partial charge in [-0.25, -0.2) is 4.42 Å². The maximum Gasteiger partial charge on any atom is 0.402 e. The van der Waals surface area contributed by atoms with Crippen molar-refractivity contribution >= 4 is 23.1 Å². The largest absolute Gasteiger partial charge is 0.508 e. The molecular weight excluding hydrogens is 1040 g/mol. The van der Waals surface area contributed by atoms with E-state index in [0.29, 0.717) is 5.56 Å². The van der Waals surface area contributed by atoms with E-state index in [1.807, 2.05) is 0 Å². The van der Waals surface area contributed by atoms with E-state index in [-0.39, 0.29) is 70.0 Å². The van der Waals surface area contributed by atoms with E-state index in [9.17, 15) is 71.5 Å². The van der Waals surface area contributed by atoms with Gasteiger partial charge in [-0.15, -0.1) is 0 Å². The average Bonchev–Trinajstić information content (AvgIpc) is 3.47. The number of fused-ring (bicyclic) bond motifs is 1. The van der Waals surface area contributed by atoms with Gasteiger partial charge in [0.2, 0.25) is 24.1 Å². The molecule has 25 heteroatoms. The maximum atomic E-state index is 12.1. The molecule has 0 unspecified atom stereocenters. The highest BCUT2D eigenvalue weighted by molar-refractivity contribution is 5.89. The van der Waals surface area contributed by atoms with E-state index in [0.717, 1.165) is 29.8 Å². The van der Waals surface area contributed by atoms with Crippen LogP contribution in [0.5, 0.6) is 51.7 Å². The third-order valence-corrected chi connectivity index (χ3v) is 13.0. The normalized spacial score (nSPS) is 29.5. The predicted octanol–water partition coefficient (Wildman–Crippen LogP) is 0.583. The molecule has 3 saturated heterocycles. The van der Waals surface area contributed by atoms with Crippen LogP contribution in [0.4, 0.5) is 0 Å². The molecule has 3 aliphatic rings. The van der Waals surface area contributed by atoms with Gasteiger partial charge in [0.15, 0.2) is 35.4 Å². The first-order valence-electron chi connectivity index (χ1n) is 24.3. The summed E-state index contributed by atoms with van der Waals surface area (Å²) in [4.78, 5) is 0. The topological polar surface area (TPSA) is 387 Å². The molecule has 0 spiro atoms. The molecule has 0 saturated carbocycles. The molecule has 4 heterocycles. The Hall–Kier alpha value is -6.63. The molecule has 0 bridgehead atoms. The number of methoxy groups -OCH3 is 2. The SMILES string of the molecule is COc1cc(/C=C/CO[C@H]2[C@H](O[C@H]3[C@H](Oc4cc5c(O[C@@H]6O[C@H](CO)[C@@H](O)[C@H](O)[C@H]6O)cc(O)cc5[o+]c4-c4ccc(O)c(O)c4)O[C@H](COC/C=C/c4ccc(O)cc4)[C@@H](O)[C@@H]3O)O[C@H](CO)[C@@H](O)[C@@H]2O)cc(OC)c1O. The zero-order chi connectivity index (χ0) is 55.9. The smallest absolute Gasteiger partial charge is 0.402 e. The molecule has 0 amide bonds. The molecule has 0 radical (unpaired) electrons. The molecule has 78 heavy (non-hydrogen) atoms. The Kier molecular flexibility index (Phi) is 18.8. The van der Waals surface area contributed by atoms with Crippen LogP contribution in [0.2, 0.25) is 0 Å². The summed E-state index contributed by atoms with van der Waals surface area (Å²) in [6.07, 6.45) is -19.7. The van der Waals surface area contributed by atoms with Crippen LogP contribution in [0.3, 0.4) is 0 Å². The van der Waals surface area contributed by atoms with E-state index in [1.54, 1.807) is 30.4 Å². The molecule has 8 rings (SSSR count). The van der Waals surface area contributed by atoms with Crippen molar-refractivity contribution < 1.29 is 123 Å². The van der Waals surface area contributed by atoms with Crippen LogP contribution in [-0.2, 0) is 28.4 Å². The first kappa shape index (κ1) is 57.5. The maximum absolute atomic E-state index is 12.1. The summed E-state index contributed by atoms with van der Waals surface area (Å²) in [7, 11) is 2.70. The van der Waals surface area contributed by atoms with Crippen LogP contribution in [0.25, 0.3) is 34.4 Å². The third-order valence-electron chi connectivity index (χ3n) is 13.0. The fourth-order valence-corrected chi connectivity index (χ4v) is 8.80. The summed E-state index contributed by atoms with van der Waals surface area (Å²) >= 11 is 0. The van der Waals surface area contributed by atoms with Crippen molar-refractivity contribution in [3.05, 3.63) is 96.1 Å². The van der Waals surface area contributed by atoms with E-state index >= 15 is 0 Å². The Morgan fingerprint density at radius 2 is 1.13 bits per heavy atom. The summed E-state index contributed by atoms with van der Waals surface area (Å²) in [5.74, 6) is -2.43. The van der Waals surface area contributed by atoms with Crippen molar-refractivity contribution in [3.63, 3.8) is 0 Å². The number of hydrogen-bond donors (Lipinski definition) is 14. The number of hydrogen-bond acceptors (Lipinski definition) is 24. The predicted molar refractivity (Wildman–Crippen MR) is 267 cm³/mol. The molecule has 5 aromatic rings. The zero-order valence-electron chi connectivity index (χ0n) is 41.7. The molecule has 3 fully saturated rings. The van der Waals surface area contributed by atoms with Gasteiger partial charge in [0.25, 0.3) is 0 Å². The van der Waals surface area contributed by atoms with Crippen molar-refractivity contribution in [2.24, 2.45) is 0 Å². The summed E-state index contributed by atoms with van der Waals surface area (Å²) in [5, 5.41) is 150. The van der Waals surface area contributed by atoms with E-state index in [2.05, 4.69) is 0 Å². The fourth-order valence-electron chi connectivity index (χ4n) is 8.80. The first-order valence-corrected chi connectivity index (χ1v) is 24.3.